The van der Waals surface area contributed by atoms with Crippen molar-refractivity contribution >= 4 is 11.7 Å². The van der Waals surface area contributed by atoms with Gasteiger partial charge in [-0.25, -0.2) is 0 Å². The van der Waals surface area contributed by atoms with Gasteiger partial charge in [-0.05, 0) is 19.8 Å². The molecule has 1 amide bonds. The number of aromatic nitrogens is 1. The number of carbonyl (C=O) groups excluding carboxylic acids is 1. The van der Waals surface area contributed by atoms with Gasteiger partial charge in [0.25, 0.3) is 0 Å². The highest BCUT2D eigenvalue weighted by atomic mass is 16.5. The fraction of sp³-hybridized carbons (Fsp3) is 0.556. The molecule has 1 aliphatic rings. The van der Waals surface area contributed by atoms with Crippen LogP contribution in [0.3, 0.4) is 0 Å². The molecule has 14 heavy (non-hydrogen) atoms. The molecule has 0 aromatic carbocycles. The predicted octanol–water partition coefficient (Wildman–Crippen LogP) is 0.674. The molecule has 0 atom stereocenters. The van der Waals surface area contributed by atoms with Crippen molar-refractivity contribution in [2.24, 2.45) is 0 Å². The fourth-order valence-corrected chi connectivity index (χ4v) is 1.14. The van der Waals surface area contributed by atoms with E-state index in [1.54, 1.807) is 13.0 Å². The highest BCUT2D eigenvalue weighted by Gasteiger charge is 2.21. The molecular formula is C9H13N3O2. The Hall–Kier alpha value is -1.36. The van der Waals surface area contributed by atoms with Gasteiger partial charge in [-0.2, -0.15) is 0 Å². The van der Waals surface area contributed by atoms with Crippen LogP contribution in [0.15, 0.2) is 10.6 Å². The molecule has 0 aliphatic heterocycles. The van der Waals surface area contributed by atoms with E-state index < -0.39 is 0 Å². The van der Waals surface area contributed by atoms with Crippen LogP contribution >= 0.6 is 0 Å². The second kappa shape index (κ2) is 3.79. The normalized spacial score (nSPS) is 15.5. The van der Waals surface area contributed by atoms with Gasteiger partial charge >= 0.3 is 0 Å². The smallest absolute Gasteiger partial charge is 0.239 e. The fourth-order valence-electron chi connectivity index (χ4n) is 1.14. The van der Waals surface area contributed by atoms with Crippen molar-refractivity contribution < 1.29 is 9.32 Å². The lowest BCUT2D eigenvalue weighted by Gasteiger charge is -2.01. The largest absolute Gasteiger partial charge is 0.360 e. The van der Waals surface area contributed by atoms with Crippen molar-refractivity contribution in [1.82, 2.24) is 10.5 Å². The molecule has 5 heteroatoms. The maximum Gasteiger partial charge on any atom is 0.239 e. The molecule has 76 valence electrons. The van der Waals surface area contributed by atoms with E-state index in [0.717, 1.165) is 0 Å². The Morgan fingerprint density at radius 1 is 1.71 bits per heavy atom. The number of anilines is 1. The van der Waals surface area contributed by atoms with Crippen molar-refractivity contribution in [3.05, 3.63) is 11.8 Å². The first-order valence-electron chi connectivity index (χ1n) is 4.70. The SMILES string of the molecule is Cc1cc(NC(=O)CNC2CC2)no1. The Kier molecular flexibility index (Phi) is 2.49. The third kappa shape index (κ3) is 2.56. The van der Waals surface area contributed by atoms with Crippen LogP contribution in [0.4, 0.5) is 5.82 Å². The van der Waals surface area contributed by atoms with E-state index >= 15 is 0 Å². The minimum Gasteiger partial charge on any atom is -0.360 e. The molecule has 5 nitrogen and oxygen atoms in total. The maximum atomic E-state index is 11.3. The lowest BCUT2D eigenvalue weighted by molar-refractivity contribution is -0.115. The van der Waals surface area contributed by atoms with E-state index in [2.05, 4.69) is 15.8 Å². The van der Waals surface area contributed by atoms with E-state index in [4.69, 9.17) is 4.52 Å². The molecule has 1 fully saturated rings. The summed E-state index contributed by atoms with van der Waals surface area (Å²) in [7, 11) is 0. The van der Waals surface area contributed by atoms with Gasteiger partial charge < -0.3 is 15.2 Å². The third-order valence-electron chi connectivity index (χ3n) is 2.02. The van der Waals surface area contributed by atoms with Crippen molar-refractivity contribution in [2.75, 3.05) is 11.9 Å². The summed E-state index contributed by atoms with van der Waals surface area (Å²) in [5.41, 5.74) is 0. The summed E-state index contributed by atoms with van der Waals surface area (Å²) in [6, 6.07) is 2.23. The van der Waals surface area contributed by atoms with Crippen molar-refractivity contribution in [3.8, 4) is 0 Å². The number of nitrogens with zero attached hydrogens (tertiary/aromatic N) is 1. The highest BCUT2D eigenvalue weighted by molar-refractivity contribution is 5.91. The van der Waals surface area contributed by atoms with Crippen LogP contribution in [-0.4, -0.2) is 23.7 Å². The first kappa shape index (κ1) is 9.21. The molecule has 1 aromatic rings. The van der Waals surface area contributed by atoms with Gasteiger partial charge in [0.2, 0.25) is 5.91 Å². The number of nitrogens with one attached hydrogen (secondary N) is 2. The zero-order valence-electron chi connectivity index (χ0n) is 8.04. The van der Waals surface area contributed by atoms with Gasteiger partial charge in [0.15, 0.2) is 5.82 Å². The summed E-state index contributed by atoms with van der Waals surface area (Å²) >= 11 is 0. The second-order valence-corrected chi connectivity index (χ2v) is 3.53. The summed E-state index contributed by atoms with van der Waals surface area (Å²) in [5, 5.41) is 9.42. The van der Waals surface area contributed by atoms with Crippen LogP contribution in [0.25, 0.3) is 0 Å². The minimum atomic E-state index is -0.0785. The number of rotatable bonds is 4. The van der Waals surface area contributed by atoms with E-state index in [1.165, 1.54) is 12.8 Å². The van der Waals surface area contributed by atoms with Crippen molar-refractivity contribution in [3.63, 3.8) is 0 Å². The van der Waals surface area contributed by atoms with Crippen LogP contribution in [0, 0.1) is 6.92 Å². The van der Waals surface area contributed by atoms with Gasteiger partial charge in [0.05, 0.1) is 6.54 Å². The molecule has 2 rings (SSSR count). The van der Waals surface area contributed by atoms with E-state index in [9.17, 15) is 4.79 Å². The van der Waals surface area contributed by atoms with Gasteiger partial charge in [0.1, 0.15) is 5.76 Å². The van der Waals surface area contributed by atoms with Crippen LogP contribution in [0.1, 0.15) is 18.6 Å². The standard InChI is InChI=1S/C9H13N3O2/c1-6-4-8(12-14-6)11-9(13)5-10-7-2-3-7/h4,7,10H,2-3,5H2,1H3,(H,11,12,13). The van der Waals surface area contributed by atoms with Gasteiger partial charge in [-0.3, -0.25) is 4.79 Å². The molecule has 0 unspecified atom stereocenters. The number of hydrogen-bond donors (Lipinski definition) is 2. The molecule has 0 saturated heterocycles. The van der Waals surface area contributed by atoms with Crippen LogP contribution in [-0.2, 0) is 4.79 Å². The van der Waals surface area contributed by atoms with E-state index in [0.29, 0.717) is 24.2 Å². The molecule has 1 heterocycles. The monoisotopic (exact) mass is 195 g/mol. The first-order valence-corrected chi connectivity index (χ1v) is 4.70. The average Bonchev–Trinajstić information content (AvgIpc) is 2.88. The van der Waals surface area contributed by atoms with Crippen molar-refractivity contribution in [1.29, 1.82) is 0 Å². The molecule has 0 bridgehead atoms. The Balaban J connectivity index is 1.75. The number of amides is 1. The van der Waals surface area contributed by atoms with Gasteiger partial charge in [0, 0.05) is 12.1 Å². The lowest BCUT2D eigenvalue weighted by Crippen LogP contribution is -2.29. The van der Waals surface area contributed by atoms with Crippen LogP contribution in [0.5, 0.6) is 0 Å². The zero-order chi connectivity index (χ0) is 9.97. The molecule has 1 saturated carbocycles. The van der Waals surface area contributed by atoms with Crippen LogP contribution in [0.2, 0.25) is 0 Å². The lowest BCUT2D eigenvalue weighted by atomic mass is 10.4. The molecule has 0 radical (unpaired) electrons. The molecule has 1 aromatic heterocycles. The maximum absolute atomic E-state index is 11.3. The van der Waals surface area contributed by atoms with E-state index in [-0.39, 0.29) is 5.91 Å². The minimum absolute atomic E-state index is 0.0785. The van der Waals surface area contributed by atoms with Gasteiger partial charge in [-0.15, -0.1) is 0 Å². The molecule has 1 aliphatic carbocycles. The summed E-state index contributed by atoms with van der Waals surface area (Å²) in [6.45, 7) is 2.13. The second-order valence-electron chi connectivity index (χ2n) is 3.53. The summed E-state index contributed by atoms with van der Waals surface area (Å²) < 4.78 is 4.82. The van der Waals surface area contributed by atoms with Crippen LogP contribution < -0.4 is 10.6 Å². The number of carbonyl (C=O) groups is 1. The highest BCUT2D eigenvalue weighted by Crippen LogP contribution is 2.18. The average molecular weight is 195 g/mol. The quantitative estimate of drug-likeness (QED) is 0.741. The summed E-state index contributed by atoms with van der Waals surface area (Å²) in [6.07, 6.45) is 2.35. The van der Waals surface area contributed by atoms with Crippen molar-refractivity contribution in [2.45, 2.75) is 25.8 Å². The molecule has 0 spiro atoms. The topological polar surface area (TPSA) is 67.2 Å². The summed E-state index contributed by atoms with van der Waals surface area (Å²) in [4.78, 5) is 11.3. The zero-order valence-corrected chi connectivity index (χ0v) is 8.04. The molecule has 2 N–H and O–H groups in total. The third-order valence-corrected chi connectivity index (χ3v) is 2.02. The Morgan fingerprint density at radius 2 is 2.50 bits per heavy atom. The predicted molar refractivity (Wildman–Crippen MR) is 50.9 cm³/mol. The Labute approximate surface area is 81.8 Å². The summed E-state index contributed by atoms with van der Waals surface area (Å²) in [5.74, 6) is 1.09. The van der Waals surface area contributed by atoms with Gasteiger partial charge in [-0.1, -0.05) is 5.16 Å². The van der Waals surface area contributed by atoms with E-state index in [1.807, 2.05) is 0 Å². The molecular weight excluding hydrogens is 182 g/mol. The number of aryl methyl sites for hydroxylation is 1. The Morgan fingerprint density at radius 3 is 3.07 bits per heavy atom. The Bertz CT molecular complexity index is 331. The first-order chi connectivity index (χ1) is 6.74. The number of hydrogen-bond acceptors (Lipinski definition) is 4.